The van der Waals surface area contributed by atoms with Gasteiger partial charge in [0.15, 0.2) is 8.32 Å². The molecule has 0 bridgehead atoms. The maximum Gasteiger partial charge on any atom is 0.308 e. The minimum absolute atomic E-state index is 0.102. The summed E-state index contributed by atoms with van der Waals surface area (Å²) in [5.41, 5.74) is 0. The summed E-state index contributed by atoms with van der Waals surface area (Å²) in [4.78, 5) is 10.8. The van der Waals surface area contributed by atoms with Gasteiger partial charge in [0, 0.05) is 6.92 Å². The van der Waals surface area contributed by atoms with Gasteiger partial charge < -0.3 is 9.16 Å². The molecule has 0 saturated heterocycles. The minimum Gasteiger partial charge on any atom is -0.427 e. The molecule has 3 nitrogen and oxygen atoms in total. The Balaban J connectivity index is 2.58. The van der Waals surface area contributed by atoms with E-state index < -0.39 is 8.32 Å². The summed E-state index contributed by atoms with van der Waals surface area (Å²) in [5.74, 6) is 0.340. The van der Waals surface area contributed by atoms with Gasteiger partial charge in [-0.25, -0.2) is 0 Å². The molecule has 0 aliphatic heterocycles. The van der Waals surface area contributed by atoms with Crippen LogP contribution in [0.3, 0.4) is 0 Å². The van der Waals surface area contributed by atoms with Crippen molar-refractivity contribution >= 4 is 14.3 Å². The van der Waals surface area contributed by atoms with Crippen molar-refractivity contribution in [3.8, 4) is 0 Å². The van der Waals surface area contributed by atoms with E-state index in [4.69, 9.17) is 9.16 Å². The van der Waals surface area contributed by atoms with Crippen molar-refractivity contribution in [3.05, 3.63) is 24.0 Å². The van der Waals surface area contributed by atoms with Crippen molar-refractivity contribution in [2.75, 3.05) is 0 Å². The van der Waals surface area contributed by atoms with Crippen LogP contribution in [0.25, 0.3) is 0 Å². The first-order valence-electron chi connectivity index (χ1n) is 6.36. The van der Waals surface area contributed by atoms with E-state index in [0.717, 1.165) is 6.42 Å². The topological polar surface area (TPSA) is 35.5 Å². The van der Waals surface area contributed by atoms with Crippen LogP contribution in [0.15, 0.2) is 24.0 Å². The first-order valence-corrected chi connectivity index (χ1v) is 9.27. The van der Waals surface area contributed by atoms with Crippen LogP contribution in [0.2, 0.25) is 18.1 Å². The number of carbonyl (C=O) groups excluding carboxylic acids is 1. The number of allylic oxidation sites excluding steroid dienone is 1. The van der Waals surface area contributed by atoms with E-state index in [1.54, 1.807) is 0 Å². The SMILES string of the molecule is CC(=O)OC1=CC[C@@H](O[Si](C)(C)C(C)(C)C)C=C1. The summed E-state index contributed by atoms with van der Waals surface area (Å²) in [6, 6.07) is 0. The van der Waals surface area contributed by atoms with E-state index in [1.165, 1.54) is 6.92 Å². The fraction of sp³-hybridized carbons (Fsp3) is 0.643. The molecule has 1 rings (SSSR count). The number of carbonyl (C=O) groups is 1. The normalized spacial score (nSPS) is 20.6. The summed E-state index contributed by atoms with van der Waals surface area (Å²) in [6.07, 6.45) is 6.59. The van der Waals surface area contributed by atoms with E-state index in [9.17, 15) is 4.79 Å². The molecule has 1 aliphatic carbocycles. The van der Waals surface area contributed by atoms with Crippen molar-refractivity contribution in [3.63, 3.8) is 0 Å². The predicted octanol–water partition coefficient (Wildman–Crippen LogP) is 3.78. The van der Waals surface area contributed by atoms with Crippen molar-refractivity contribution in [1.29, 1.82) is 0 Å². The van der Waals surface area contributed by atoms with Crippen molar-refractivity contribution in [2.45, 2.75) is 58.4 Å². The Kier molecular flexibility index (Phi) is 4.56. The number of rotatable bonds is 3. The molecule has 0 heterocycles. The van der Waals surface area contributed by atoms with Crippen LogP contribution < -0.4 is 0 Å². The lowest BCUT2D eigenvalue weighted by Crippen LogP contribution is -2.43. The molecular weight excluding hydrogens is 244 g/mol. The Morgan fingerprint density at radius 2 is 2.00 bits per heavy atom. The van der Waals surface area contributed by atoms with Crippen molar-refractivity contribution in [1.82, 2.24) is 0 Å². The van der Waals surface area contributed by atoms with E-state index in [2.05, 4.69) is 33.9 Å². The third-order valence-electron chi connectivity index (χ3n) is 3.54. The van der Waals surface area contributed by atoms with Gasteiger partial charge in [-0.2, -0.15) is 0 Å². The molecule has 0 radical (unpaired) electrons. The highest BCUT2D eigenvalue weighted by Crippen LogP contribution is 2.38. The van der Waals surface area contributed by atoms with Gasteiger partial charge in [-0.3, -0.25) is 4.79 Å². The molecule has 0 saturated carbocycles. The summed E-state index contributed by atoms with van der Waals surface area (Å²) < 4.78 is 11.3. The highest BCUT2D eigenvalue weighted by molar-refractivity contribution is 6.74. The molecule has 0 aromatic rings. The van der Waals surface area contributed by atoms with Crippen LogP contribution in [0.5, 0.6) is 0 Å². The molecule has 0 fully saturated rings. The van der Waals surface area contributed by atoms with Crippen LogP contribution in [-0.2, 0) is 14.0 Å². The zero-order valence-corrected chi connectivity index (χ0v) is 13.2. The van der Waals surface area contributed by atoms with Gasteiger partial charge in [-0.1, -0.05) is 26.8 Å². The standard InChI is InChI=1S/C14H24O3Si/c1-11(15)16-12-7-9-13(10-8-12)17-18(5,6)14(2,3)4/h7-9,13H,10H2,1-6H3/t13-/m0/s1. The maximum atomic E-state index is 10.8. The number of hydrogen-bond acceptors (Lipinski definition) is 3. The average molecular weight is 268 g/mol. The van der Waals surface area contributed by atoms with Gasteiger partial charge >= 0.3 is 5.97 Å². The second kappa shape index (κ2) is 5.41. The zero-order valence-electron chi connectivity index (χ0n) is 12.2. The van der Waals surface area contributed by atoms with Crippen LogP contribution in [0, 0.1) is 0 Å². The lowest BCUT2D eigenvalue weighted by molar-refractivity contribution is -0.136. The molecule has 18 heavy (non-hydrogen) atoms. The lowest BCUT2D eigenvalue weighted by atomic mass is 10.1. The summed E-state index contributed by atoms with van der Waals surface area (Å²) in [7, 11) is -1.73. The monoisotopic (exact) mass is 268 g/mol. The van der Waals surface area contributed by atoms with Gasteiger partial charge in [0.05, 0.1) is 6.10 Å². The fourth-order valence-corrected chi connectivity index (χ4v) is 2.75. The smallest absolute Gasteiger partial charge is 0.308 e. The second-order valence-electron chi connectivity index (χ2n) is 6.21. The summed E-state index contributed by atoms with van der Waals surface area (Å²) >= 11 is 0. The van der Waals surface area contributed by atoms with E-state index in [-0.39, 0.29) is 17.1 Å². The van der Waals surface area contributed by atoms with Gasteiger partial charge in [-0.15, -0.1) is 0 Å². The molecule has 0 spiro atoms. The van der Waals surface area contributed by atoms with Crippen LogP contribution in [0.4, 0.5) is 0 Å². The molecule has 1 atom stereocenters. The molecule has 0 N–H and O–H groups in total. The molecule has 4 heteroatoms. The third kappa shape index (κ3) is 4.10. The number of esters is 1. The maximum absolute atomic E-state index is 10.8. The van der Waals surface area contributed by atoms with E-state index >= 15 is 0 Å². The largest absolute Gasteiger partial charge is 0.427 e. The Labute approximate surface area is 111 Å². The Hall–Kier alpha value is -0.873. The van der Waals surface area contributed by atoms with E-state index in [1.807, 2.05) is 18.2 Å². The number of hydrogen-bond donors (Lipinski definition) is 0. The highest BCUT2D eigenvalue weighted by Gasteiger charge is 2.38. The molecular formula is C14H24O3Si. The first-order chi connectivity index (χ1) is 8.12. The molecule has 0 aromatic heterocycles. The van der Waals surface area contributed by atoms with Gasteiger partial charge in [0.2, 0.25) is 0 Å². The molecule has 0 unspecified atom stereocenters. The average Bonchev–Trinajstić information content (AvgIpc) is 2.18. The van der Waals surface area contributed by atoms with Crippen LogP contribution >= 0.6 is 0 Å². The second-order valence-corrected chi connectivity index (χ2v) is 11.0. The van der Waals surface area contributed by atoms with Crippen LogP contribution in [0.1, 0.15) is 34.1 Å². The van der Waals surface area contributed by atoms with Crippen molar-refractivity contribution < 1.29 is 14.0 Å². The molecule has 102 valence electrons. The summed E-state index contributed by atoms with van der Waals surface area (Å²) in [6.45, 7) is 12.6. The summed E-state index contributed by atoms with van der Waals surface area (Å²) in [5, 5.41) is 0.209. The Morgan fingerprint density at radius 1 is 1.39 bits per heavy atom. The number of ether oxygens (including phenoxy) is 1. The van der Waals surface area contributed by atoms with Gasteiger partial charge in [0.1, 0.15) is 5.76 Å². The highest BCUT2D eigenvalue weighted by atomic mass is 28.4. The fourth-order valence-electron chi connectivity index (χ4n) is 1.47. The first kappa shape index (κ1) is 15.2. The Bertz CT molecular complexity index is 375. The minimum atomic E-state index is -1.73. The quantitative estimate of drug-likeness (QED) is 0.577. The van der Waals surface area contributed by atoms with Crippen LogP contribution in [-0.4, -0.2) is 20.4 Å². The third-order valence-corrected chi connectivity index (χ3v) is 8.04. The lowest BCUT2D eigenvalue weighted by Gasteiger charge is -2.38. The van der Waals surface area contributed by atoms with Crippen molar-refractivity contribution in [2.24, 2.45) is 0 Å². The Morgan fingerprint density at radius 3 is 2.39 bits per heavy atom. The van der Waals surface area contributed by atoms with Gasteiger partial charge in [0.25, 0.3) is 0 Å². The van der Waals surface area contributed by atoms with Gasteiger partial charge in [-0.05, 0) is 36.7 Å². The predicted molar refractivity (Wildman–Crippen MR) is 75.7 cm³/mol. The molecule has 0 amide bonds. The molecule has 1 aliphatic rings. The van der Waals surface area contributed by atoms with E-state index in [0.29, 0.717) is 5.76 Å². The zero-order chi connectivity index (χ0) is 14.0. The molecule has 0 aromatic carbocycles.